The molecule has 1 aliphatic carbocycles. The Morgan fingerprint density at radius 1 is 1.56 bits per heavy atom. The van der Waals surface area contributed by atoms with E-state index < -0.39 is 0 Å². The Balaban J connectivity index is 2.41. The summed E-state index contributed by atoms with van der Waals surface area (Å²) in [5.74, 6) is 0.176. The summed E-state index contributed by atoms with van der Waals surface area (Å²) < 4.78 is 5.08. The largest absolute Gasteiger partial charge is 0.381 e. The van der Waals surface area contributed by atoms with Crippen molar-refractivity contribution in [3.05, 3.63) is 0 Å². The maximum Gasteiger partial charge on any atom is 0.125 e. The zero-order chi connectivity index (χ0) is 6.69. The van der Waals surface area contributed by atoms with Crippen molar-refractivity contribution in [3.63, 3.8) is 0 Å². The minimum atomic E-state index is 0.176. The molecule has 9 heavy (non-hydrogen) atoms. The molecule has 0 unspecified atom stereocenters. The van der Waals surface area contributed by atoms with Gasteiger partial charge < -0.3 is 9.53 Å². The van der Waals surface area contributed by atoms with Gasteiger partial charge in [-0.3, -0.25) is 0 Å². The van der Waals surface area contributed by atoms with Gasteiger partial charge in [-0.05, 0) is 12.8 Å². The van der Waals surface area contributed by atoms with E-state index in [0.717, 1.165) is 25.5 Å². The van der Waals surface area contributed by atoms with Crippen LogP contribution in [-0.2, 0) is 9.53 Å². The van der Waals surface area contributed by atoms with Gasteiger partial charge in [0.1, 0.15) is 6.29 Å². The van der Waals surface area contributed by atoms with Crippen molar-refractivity contribution < 1.29 is 9.53 Å². The van der Waals surface area contributed by atoms with E-state index in [0.29, 0.717) is 0 Å². The smallest absolute Gasteiger partial charge is 0.125 e. The van der Waals surface area contributed by atoms with Gasteiger partial charge in [0, 0.05) is 13.0 Å². The van der Waals surface area contributed by atoms with Crippen LogP contribution in [0.2, 0.25) is 0 Å². The van der Waals surface area contributed by atoms with E-state index in [1.807, 2.05) is 0 Å². The van der Waals surface area contributed by atoms with Crippen LogP contribution in [0.5, 0.6) is 0 Å². The number of carbonyl (C=O) groups excluding carboxylic acids is 1. The number of carbonyl (C=O) groups is 1. The van der Waals surface area contributed by atoms with E-state index in [-0.39, 0.29) is 12.0 Å². The molecule has 2 atom stereocenters. The predicted molar refractivity (Wildman–Crippen MR) is 34.2 cm³/mol. The number of ether oxygens (including phenoxy) is 1. The van der Waals surface area contributed by atoms with Crippen molar-refractivity contribution in [1.29, 1.82) is 0 Å². The number of hydrogen-bond donors (Lipinski definition) is 0. The molecule has 0 heterocycles. The summed E-state index contributed by atoms with van der Waals surface area (Å²) in [6, 6.07) is 0. The molecular formula is C7H12O2. The molecule has 2 heteroatoms. The Bertz CT molecular complexity index is 101. The average Bonchev–Trinajstić information content (AvgIpc) is 2.33. The van der Waals surface area contributed by atoms with Gasteiger partial charge in [0.15, 0.2) is 0 Å². The molecule has 0 radical (unpaired) electrons. The Labute approximate surface area is 55.2 Å². The fraction of sp³-hybridized carbons (Fsp3) is 0.857. The highest BCUT2D eigenvalue weighted by Gasteiger charge is 2.25. The standard InChI is InChI=1S/C7H12O2/c1-9-7-4-2-3-6(7)5-8/h5-7H,2-4H2,1H3/t6-,7-/m0/s1. The lowest BCUT2D eigenvalue weighted by Gasteiger charge is -2.10. The zero-order valence-corrected chi connectivity index (χ0v) is 5.67. The molecule has 0 N–H and O–H groups in total. The normalized spacial score (nSPS) is 34.8. The summed E-state index contributed by atoms with van der Waals surface area (Å²) in [5, 5.41) is 0. The van der Waals surface area contributed by atoms with Crippen LogP contribution in [0.15, 0.2) is 0 Å². The van der Waals surface area contributed by atoms with Crippen LogP contribution in [0, 0.1) is 5.92 Å². The Hall–Kier alpha value is -0.370. The fourth-order valence-corrected chi connectivity index (χ4v) is 1.40. The SMILES string of the molecule is CO[C@H]1CCC[C@H]1C=O. The van der Waals surface area contributed by atoms with E-state index in [1.165, 1.54) is 0 Å². The maximum atomic E-state index is 10.3. The van der Waals surface area contributed by atoms with Gasteiger partial charge in [-0.1, -0.05) is 6.42 Å². The van der Waals surface area contributed by atoms with E-state index >= 15 is 0 Å². The van der Waals surface area contributed by atoms with Gasteiger partial charge in [0.05, 0.1) is 6.10 Å². The lowest BCUT2D eigenvalue weighted by molar-refractivity contribution is -0.113. The monoisotopic (exact) mass is 128 g/mol. The van der Waals surface area contributed by atoms with Crippen LogP contribution in [0.25, 0.3) is 0 Å². The summed E-state index contributed by atoms with van der Waals surface area (Å²) in [7, 11) is 1.67. The van der Waals surface area contributed by atoms with Crippen LogP contribution in [0.3, 0.4) is 0 Å². The van der Waals surface area contributed by atoms with Gasteiger partial charge in [0.25, 0.3) is 0 Å². The van der Waals surface area contributed by atoms with Crippen molar-refractivity contribution in [1.82, 2.24) is 0 Å². The molecule has 2 nitrogen and oxygen atoms in total. The van der Waals surface area contributed by atoms with Crippen molar-refractivity contribution in [2.24, 2.45) is 5.92 Å². The van der Waals surface area contributed by atoms with Gasteiger partial charge in [-0.25, -0.2) is 0 Å². The van der Waals surface area contributed by atoms with E-state index in [2.05, 4.69) is 0 Å². The summed E-state index contributed by atoms with van der Waals surface area (Å²) in [6.07, 6.45) is 4.44. The van der Waals surface area contributed by atoms with E-state index in [9.17, 15) is 4.79 Å². The molecule has 0 aromatic heterocycles. The number of aldehydes is 1. The molecule has 0 saturated heterocycles. The van der Waals surface area contributed by atoms with E-state index in [4.69, 9.17) is 4.74 Å². The maximum absolute atomic E-state index is 10.3. The molecule has 52 valence electrons. The lowest BCUT2D eigenvalue weighted by atomic mass is 10.1. The summed E-state index contributed by atoms with van der Waals surface area (Å²) in [6.45, 7) is 0. The van der Waals surface area contributed by atoms with Crippen molar-refractivity contribution in [2.45, 2.75) is 25.4 Å². The molecule has 0 aromatic rings. The molecule has 1 rings (SSSR count). The van der Waals surface area contributed by atoms with Gasteiger partial charge >= 0.3 is 0 Å². The minimum Gasteiger partial charge on any atom is -0.381 e. The molecular weight excluding hydrogens is 116 g/mol. The molecule has 1 fully saturated rings. The fourth-order valence-electron chi connectivity index (χ4n) is 1.40. The molecule has 0 bridgehead atoms. The van der Waals surface area contributed by atoms with Crippen LogP contribution in [-0.4, -0.2) is 19.5 Å². The van der Waals surface area contributed by atoms with Crippen LogP contribution < -0.4 is 0 Å². The Morgan fingerprint density at radius 3 is 2.78 bits per heavy atom. The molecule has 0 aromatic carbocycles. The zero-order valence-electron chi connectivity index (χ0n) is 5.67. The van der Waals surface area contributed by atoms with Crippen LogP contribution >= 0.6 is 0 Å². The second kappa shape index (κ2) is 2.97. The summed E-state index contributed by atoms with van der Waals surface area (Å²) >= 11 is 0. The molecule has 0 amide bonds. The topological polar surface area (TPSA) is 26.3 Å². The summed E-state index contributed by atoms with van der Waals surface area (Å²) in [5.41, 5.74) is 0. The van der Waals surface area contributed by atoms with Crippen molar-refractivity contribution >= 4 is 6.29 Å². The lowest BCUT2D eigenvalue weighted by Crippen LogP contribution is -2.16. The van der Waals surface area contributed by atoms with Crippen molar-refractivity contribution in [3.8, 4) is 0 Å². The Morgan fingerprint density at radius 2 is 2.33 bits per heavy atom. The van der Waals surface area contributed by atoms with Gasteiger partial charge in [0.2, 0.25) is 0 Å². The van der Waals surface area contributed by atoms with Crippen LogP contribution in [0.1, 0.15) is 19.3 Å². The van der Waals surface area contributed by atoms with Gasteiger partial charge in [-0.15, -0.1) is 0 Å². The minimum absolute atomic E-state index is 0.176. The van der Waals surface area contributed by atoms with Crippen LogP contribution in [0.4, 0.5) is 0 Å². The quantitative estimate of drug-likeness (QED) is 0.518. The summed E-state index contributed by atoms with van der Waals surface area (Å²) in [4.78, 5) is 10.3. The highest BCUT2D eigenvalue weighted by Crippen LogP contribution is 2.25. The second-order valence-electron chi connectivity index (χ2n) is 2.50. The first-order valence-corrected chi connectivity index (χ1v) is 3.36. The first-order valence-electron chi connectivity index (χ1n) is 3.36. The average molecular weight is 128 g/mol. The number of hydrogen-bond acceptors (Lipinski definition) is 2. The Kier molecular flexibility index (Phi) is 2.22. The first kappa shape index (κ1) is 6.75. The molecule has 0 aliphatic heterocycles. The second-order valence-corrected chi connectivity index (χ2v) is 2.50. The van der Waals surface area contributed by atoms with E-state index in [1.54, 1.807) is 7.11 Å². The van der Waals surface area contributed by atoms with Crippen molar-refractivity contribution in [2.75, 3.05) is 7.11 Å². The van der Waals surface area contributed by atoms with Gasteiger partial charge in [-0.2, -0.15) is 0 Å². The predicted octanol–water partition coefficient (Wildman–Crippen LogP) is 1.00. The highest BCUT2D eigenvalue weighted by atomic mass is 16.5. The third-order valence-corrected chi connectivity index (χ3v) is 1.98. The number of methoxy groups -OCH3 is 1. The molecule has 1 saturated carbocycles. The molecule has 0 spiro atoms. The highest BCUT2D eigenvalue weighted by molar-refractivity contribution is 5.55. The third kappa shape index (κ3) is 1.30. The molecule has 1 aliphatic rings. The number of rotatable bonds is 2. The first-order chi connectivity index (χ1) is 4.38. The third-order valence-electron chi connectivity index (χ3n) is 1.98.